The number of nitrogens with one attached hydrogen (secondary N) is 1. The summed E-state index contributed by atoms with van der Waals surface area (Å²) >= 11 is 0. The van der Waals surface area contributed by atoms with Gasteiger partial charge in [-0.05, 0) is 0 Å². The Kier molecular flexibility index (Phi) is 12.2. The van der Waals surface area contributed by atoms with Crippen molar-refractivity contribution in [3.8, 4) is 0 Å². The van der Waals surface area contributed by atoms with Crippen LogP contribution in [0.1, 0.15) is 33.1 Å². The quantitative estimate of drug-likeness (QED) is 0.386. The molecular weight excluding hydrogens is 190 g/mol. The largest absolute Gasteiger partial charge is 0.481 e. The molecule has 0 atom stereocenters. The Labute approximate surface area is 82.2 Å². The van der Waals surface area contributed by atoms with Gasteiger partial charge in [0.2, 0.25) is 6.41 Å². The molecule has 0 aromatic rings. The van der Waals surface area contributed by atoms with Gasteiger partial charge in [0, 0.05) is 0 Å². The summed E-state index contributed by atoms with van der Waals surface area (Å²) in [5.74, 6) is -2.32. The first-order valence-electron chi connectivity index (χ1n) is 4.19. The Morgan fingerprint density at radius 2 is 1.86 bits per heavy atom. The standard InChI is InChI=1S/C4H5NO5.C4H10/c6-2-5-10-4(9)1-3(7)8;1-3-4-2/h2H,1H2,(H,5,6)(H,7,8);3-4H2,1-2H3. The van der Waals surface area contributed by atoms with Crippen molar-refractivity contribution in [1.29, 1.82) is 0 Å². The molecule has 0 aliphatic rings. The van der Waals surface area contributed by atoms with Crippen molar-refractivity contribution in [2.45, 2.75) is 33.1 Å². The van der Waals surface area contributed by atoms with E-state index in [1.165, 1.54) is 12.8 Å². The van der Waals surface area contributed by atoms with Crippen molar-refractivity contribution in [2.75, 3.05) is 0 Å². The molecule has 82 valence electrons. The van der Waals surface area contributed by atoms with Gasteiger partial charge in [-0.3, -0.25) is 9.59 Å². The van der Waals surface area contributed by atoms with Crippen LogP contribution in [0, 0.1) is 0 Å². The normalized spacial score (nSPS) is 7.86. The third-order valence-electron chi connectivity index (χ3n) is 1.02. The maximum Gasteiger partial charge on any atom is 0.343 e. The van der Waals surface area contributed by atoms with Gasteiger partial charge < -0.3 is 9.94 Å². The van der Waals surface area contributed by atoms with Crippen LogP contribution in [0.3, 0.4) is 0 Å². The lowest BCUT2D eigenvalue weighted by Gasteiger charge is -1.95. The van der Waals surface area contributed by atoms with E-state index in [1.807, 2.05) is 0 Å². The number of rotatable bonds is 5. The van der Waals surface area contributed by atoms with Crippen LogP contribution in [0.2, 0.25) is 0 Å². The Balaban J connectivity index is 0. The van der Waals surface area contributed by atoms with E-state index in [2.05, 4.69) is 18.7 Å². The molecule has 0 rings (SSSR count). The molecule has 0 saturated heterocycles. The fourth-order valence-corrected chi connectivity index (χ4v) is 0.249. The number of aliphatic carboxylic acids is 1. The number of hydrogen-bond acceptors (Lipinski definition) is 4. The van der Waals surface area contributed by atoms with Crippen LogP contribution < -0.4 is 5.48 Å². The molecule has 6 nitrogen and oxygen atoms in total. The highest BCUT2D eigenvalue weighted by Gasteiger charge is 2.07. The topological polar surface area (TPSA) is 92.7 Å². The van der Waals surface area contributed by atoms with E-state index < -0.39 is 18.4 Å². The van der Waals surface area contributed by atoms with Crippen LogP contribution in [0.4, 0.5) is 0 Å². The molecule has 2 N–H and O–H groups in total. The van der Waals surface area contributed by atoms with Gasteiger partial charge >= 0.3 is 11.9 Å². The molecule has 0 bridgehead atoms. The minimum Gasteiger partial charge on any atom is -0.481 e. The molecule has 1 amide bonds. The number of hydrogen-bond donors (Lipinski definition) is 2. The smallest absolute Gasteiger partial charge is 0.343 e. The van der Waals surface area contributed by atoms with Gasteiger partial charge in [-0.1, -0.05) is 26.7 Å². The number of carbonyl (C=O) groups is 3. The molecule has 14 heavy (non-hydrogen) atoms. The lowest BCUT2D eigenvalue weighted by atomic mass is 10.4. The second-order valence-corrected chi connectivity index (χ2v) is 2.28. The summed E-state index contributed by atoms with van der Waals surface area (Å²) in [6.07, 6.45) is 2.00. The number of hydroxylamine groups is 1. The summed E-state index contributed by atoms with van der Waals surface area (Å²) in [4.78, 5) is 33.3. The maximum absolute atomic E-state index is 10.2. The molecule has 0 fully saturated rings. The lowest BCUT2D eigenvalue weighted by molar-refractivity contribution is -0.159. The van der Waals surface area contributed by atoms with Gasteiger partial charge in [-0.15, -0.1) is 0 Å². The highest BCUT2D eigenvalue weighted by Crippen LogP contribution is 1.81. The molecule has 0 radical (unpaired) electrons. The first-order chi connectivity index (χ1) is 6.58. The summed E-state index contributed by atoms with van der Waals surface area (Å²) in [5.41, 5.74) is 1.56. The maximum atomic E-state index is 10.2. The van der Waals surface area contributed by atoms with E-state index in [9.17, 15) is 14.4 Å². The van der Waals surface area contributed by atoms with Gasteiger partial charge in [0.05, 0.1) is 0 Å². The zero-order chi connectivity index (χ0) is 11.4. The monoisotopic (exact) mass is 205 g/mol. The van der Waals surface area contributed by atoms with Gasteiger partial charge in [0.1, 0.15) is 6.42 Å². The Morgan fingerprint density at radius 3 is 2.14 bits per heavy atom. The van der Waals surface area contributed by atoms with Crippen LogP contribution >= 0.6 is 0 Å². The first-order valence-corrected chi connectivity index (χ1v) is 4.19. The van der Waals surface area contributed by atoms with Gasteiger partial charge in [-0.2, -0.15) is 5.48 Å². The minimum atomic E-state index is -1.31. The first kappa shape index (κ1) is 14.9. The van der Waals surface area contributed by atoms with E-state index in [0.717, 1.165) is 0 Å². The molecule has 0 aromatic carbocycles. The third-order valence-corrected chi connectivity index (χ3v) is 1.02. The van der Waals surface area contributed by atoms with Crippen LogP contribution in [0.15, 0.2) is 0 Å². The predicted octanol–water partition coefficient (Wildman–Crippen LogP) is 0.472. The molecule has 0 unspecified atom stereocenters. The minimum absolute atomic E-state index is 0.125. The molecule has 6 heteroatoms. The molecule has 0 aliphatic heterocycles. The predicted molar refractivity (Wildman–Crippen MR) is 48.1 cm³/mol. The van der Waals surface area contributed by atoms with Crippen LogP contribution in [-0.4, -0.2) is 23.5 Å². The van der Waals surface area contributed by atoms with Gasteiger partial charge in [0.25, 0.3) is 0 Å². The van der Waals surface area contributed by atoms with Crippen molar-refractivity contribution < 1.29 is 24.3 Å². The number of carbonyl (C=O) groups excluding carboxylic acids is 2. The summed E-state index contributed by atoms with van der Waals surface area (Å²) in [7, 11) is 0. The second kappa shape index (κ2) is 11.4. The molecule has 0 aliphatic carbocycles. The average Bonchev–Trinajstić information content (AvgIpc) is 2.14. The van der Waals surface area contributed by atoms with Gasteiger partial charge in [-0.25, -0.2) is 4.79 Å². The molecular formula is C8H15NO5. The SMILES string of the molecule is CCCC.O=CNOC(=O)CC(=O)O. The molecule has 0 spiro atoms. The fraction of sp³-hybridized carbons (Fsp3) is 0.625. The van der Waals surface area contributed by atoms with Crippen molar-refractivity contribution in [3.63, 3.8) is 0 Å². The summed E-state index contributed by atoms with van der Waals surface area (Å²) < 4.78 is 0. The zero-order valence-electron chi connectivity index (χ0n) is 8.28. The van der Waals surface area contributed by atoms with Crippen LogP contribution in [-0.2, 0) is 19.2 Å². The second-order valence-electron chi connectivity index (χ2n) is 2.28. The van der Waals surface area contributed by atoms with E-state index in [1.54, 1.807) is 5.48 Å². The molecule has 0 aromatic heterocycles. The number of amides is 1. The molecule has 0 saturated carbocycles. The summed E-state index contributed by atoms with van der Waals surface area (Å²) in [6, 6.07) is 0. The summed E-state index contributed by atoms with van der Waals surface area (Å²) in [5, 5.41) is 7.97. The average molecular weight is 205 g/mol. The Bertz CT molecular complexity index is 179. The van der Waals surface area contributed by atoms with E-state index >= 15 is 0 Å². The number of carboxylic acids is 1. The number of carboxylic acid groups (broad SMARTS) is 1. The van der Waals surface area contributed by atoms with E-state index in [0.29, 0.717) is 0 Å². The van der Waals surface area contributed by atoms with Crippen molar-refractivity contribution in [1.82, 2.24) is 5.48 Å². The highest BCUT2D eigenvalue weighted by molar-refractivity contribution is 5.90. The number of unbranched alkanes of at least 4 members (excludes halogenated alkanes) is 1. The van der Waals surface area contributed by atoms with Crippen molar-refractivity contribution in [2.24, 2.45) is 0 Å². The van der Waals surface area contributed by atoms with E-state index in [4.69, 9.17) is 5.11 Å². The fourth-order valence-electron chi connectivity index (χ4n) is 0.249. The van der Waals surface area contributed by atoms with Crippen molar-refractivity contribution >= 4 is 18.3 Å². The Morgan fingerprint density at radius 1 is 1.36 bits per heavy atom. The zero-order valence-corrected chi connectivity index (χ0v) is 8.28. The van der Waals surface area contributed by atoms with E-state index in [-0.39, 0.29) is 6.41 Å². The molecule has 0 heterocycles. The Hall–Kier alpha value is -1.59. The lowest BCUT2D eigenvalue weighted by Crippen LogP contribution is -2.20. The van der Waals surface area contributed by atoms with Crippen molar-refractivity contribution in [3.05, 3.63) is 0 Å². The highest BCUT2D eigenvalue weighted by atomic mass is 16.7. The van der Waals surface area contributed by atoms with Crippen LogP contribution in [0.25, 0.3) is 0 Å². The van der Waals surface area contributed by atoms with Gasteiger partial charge in [0.15, 0.2) is 0 Å². The van der Waals surface area contributed by atoms with Crippen LogP contribution in [0.5, 0.6) is 0 Å². The third kappa shape index (κ3) is 16.8. The summed E-state index contributed by atoms with van der Waals surface area (Å²) in [6.45, 7) is 4.36.